The molecule has 2 aliphatic rings. The van der Waals surface area contributed by atoms with E-state index in [4.69, 9.17) is 21.7 Å². The SMILES string of the molecule is C[C@@]1(c2cccc(Nc3cnccc3C(F)(F)F)c2Cl)CC(=O)N(C2CCOCC2)C(=N)N1. The Kier molecular flexibility index (Phi) is 6.24. The zero-order chi connectivity index (χ0) is 23.8. The lowest BCUT2D eigenvalue weighted by molar-refractivity contribution is -0.137. The van der Waals surface area contributed by atoms with Crippen molar-refractivity contribution >= 4 is 34.8 Å². The van der Waals surface area contributed by atoms with Crippen LogP contribution < -0.4 is 10.6 Å². The van der Waals surface area contributed by atoms with Gasteiger partial charge in [0, 0.05) is 25.5 Å². The van der Waals surface area contributed by atoms with E-state index in [0.717, 1.165) is 18.5 Å². The third-order valence-electron chi connectivity index (χ3n) is 5.95. The molecule has 176 valence electrons. The zero-order valence-electron chi connectivity index (χ0n) is 17.8. The van der Waals surface area contributed by atoms with Gasteiger partial charge in [0.1, 0.15) is 0 Å². The van der Waals surface area contributed by atoms with Gasteiger partial charge < -0.3 is 15.4 Å². The first-order valence-corrected chi connectivity index (χ1v) is 10.8. The van der Waals surface area contributed by atoms with Crippen LogP contribution in [0.3, 0.4) is 0 Å². The Morgan fingerprint density at radius 1 is 1.27 bits per heavy atom. The van der Waals surface area contributed by atoms with Gasteiger partial charge >= 0.3 is 6.18 Å². The molecule has 0 saturated carbocycles. The molecule has 11 heteroatoms. The fraction of sp³-hybridized carbons (Fsp3) is 0.409. The monoisotopic (exact) mass is 481 g/mol. The molecule has 7 nitrogen and oxygen atoms in total. The largest absolute Gasteiger partial charge is 0.418 e. The predicted octanol–water partition coefficient (Wildman–Crippen LogP) is 4.65. The molecule has 0 aliphatic carbocycles. The van der Waals surface area contributed by atoms with Crippen molar-refractivity contribution in [3.05, 3.63) is 52.8 Å². The molecule has 1 atom stereocenters. The number of hydrogen-bond acceptors (Lipinski definition) is 5. The maximum Gasteiger partial charge on any atom is 0.418 e. The molecule has 0 unspecified atom stereocenters. The number of hydrogen-bond donors (Lipinski definition) is 3. The standard InChI is InChI=1S/C22H23ClF3N5O2/c1-21(11-18(32)31(20(27)30-21)13-6-9-33-10-7-13)15-3-2-4-16(19(15)23)29-17-12-28-8-5-14(17)22(24,25)26/h2-5,8,12-13,29H,6-7,9-11H2,1H3,(H2,27,30)/t21-/m0/s1. The molecule has 4 rings (SSSR count). The van der Waals surface area contributed by atoms with E-state index >= 15 is 0 Å². The van der Waals surface area contributed by atoms with Gasteiger partial charge in [-0.3, -0.25) is 20.1 Å². The molecule has 1 aromatic carbocycles. The first kappa shape index (κ1) is 23.3. The van der Waals surface area contributed by atoms with E-state index in [1.54, 1.807) is 25.1 Å². The third kappa shape index (κ3) is 4.63. The molecule has 2 aliphatic heterocycles. The molecule has 2 saturated heterocycles. The Hall–Kier alpha value is -2.85. The summed E-state index contributed by atoms with van der Waals surface area (Å²) < 4.78 is 45.5. The third-order valence-corrected chi connectivity index (χ3v) is 6.36. The smallest absolute Gasteiger partial charge is 0.381 e. The van der Waals surface area contributed by atoms with Crippen LogP contribution in [0.2, 0.25) is 5.02 Å². The molecule has 1 aromatic heterocycles. The minimum absolute atomic E-state index is 0.0262. The van der Waals surface area contributed by atoms with E-state index in [0.29, 0.717) is 31.6 Å². The highest BCUT2D eigenvalue weighted by molar-refractivity contribution is 6.34. The summed E-state index contributed by atoms with van der Waals surface area (Å²) in [5.74, 6) is -0.240. The molecular weight excluding hydrogens is 459 g/mol. The summed E-state index contributed by atoms with van der Waals surface area (Å²) in [6.07, 6.45) is -1.07. The fourth-order valence-corrected chi connectivity index (χ4v) is 4.69. The molecule has 1 amide bonds. The summed E-state index contributed by atoms with van der Waals surface area (Å²) >= 11 is 6.61. The first-order valence-electron chi connectivity index (χ1n) is 10.4. The lowest BCUT2D eigenvalue weighted by Gasteiger charge is -2.45. The van der Waals surface area contributed by atoms with Gasteiger partial charge in [-0.05, 0) is 37.5 Å². The van der Waals surface area contributed by atoms with Gasteiger partial charge in [-0.15, -0.1) is 0 Å². The Morgan fingerprint density at radius 3 is 2.67 bits per heavy atom. The number of alkyl halides is 3. The van der Waals surface area contributed by atoms with Gasteiger partial charge in [0.15, 0.2) is 5.96 Å². The van der Waals surface area contributed by atoms with E-state index in [1.807, 2.05) is 0 Å². The van der Waals surface area contributed by atoms with Gasteiger partial charge in [0.05, 0.1) is 40.1 Å². The second-order valence-corrected chi connectivity index (χ2v) is 8.68. The number of benzene rings is 1. The summed E-state index contributed by atoms with van der Waals surface area (Å²) in [6, 6.07) is 5.66. The Morgan fingerprint density at radius 2 is 2.00 bits per heavy atom. The van der Waals surface area contributed by atoms with Crippen molar-refractivity contribution in [3.8, 4) is 0 Å². The number of rotatable bonds is 4. The van der Waals surface area contributed by atoms with Gasteiger partial charge in [-0.25, -0.2) is 0 Å². The van der Waals surface area contributed by atoms with Crippen molar-refractivity contribution < 1.29 is 22.7 Å². The van der Waals surface area contributed by atoms with Crippen molar-refractivity contribution in [3.63, 3.8) is 0 Å². The maximum absolute atomic E-state index is 13.4. The van der Waals surface area contributed by atoms with E-state index in [2.05, 4.69) is 15.6 Å². The summed E-state index contributed by atoms with van der Waals surface area (Å²) in [6.45, 7) is 2.82. The highest BCUT2D eigenvalue weighted by atomic mass is 35.5. The molecule has 0 radical (unpaired) electrons. The number of carbonyl (C=O) groups is 1. The lowest BCUT2D eigenvalue weighted by Crippen LogP contribution is -2.62. The summed E-state index contributed by atoms with van der Waals surface area (Å²) in [7, 11) is 0. The summed E-state index contributed by atoms with van der Waals surface area (Å²) in [5.41, 5.74) is -1.38. The quantitative estimate of drug-likeness (QED) is 0.591. The molecule has 0 spiro atoms. The number of ether oxygens (including phenoxy) is 1. The molecule has 3 heterocycles. The van der Waals surface area contributed by atoms with Gasteiger partial charge in [-0.2, -0.15) is 13.2 Å². The second-order valence-electron chi connectivity index (χ2n) is 8.30. The summed E-state index contributed by atoms with van der Waals surface area (Å²) in [5, 5.41) is 14.5. The van der Waals surface area contributed by atoms with Gasteiger partial charge in [0.2, 0.25) is 5.91 Å². The number of pyridine rings is 1. The van der Waals surface area contributed by atoms with Gasteiger partial charge in [0.25, 0.3) is 0 Å². The molecule has 2 aromatic rings. The van der Waals surface area contributed by atoms with Crippen LogP contribution in [0.25, 0.3) is 0 Å². The van der Waals surface area contributed by atoms with Crippen molar-refractivity contribution in [1.29, 1.82) is 5.41 Å². The average Bonchev–Trinajstić information content (AvgIpc) is 2.75. The number of halogens is 4. The predicted molar refractivity (Wildman–Crippen MR) is 117 cm³/mol. The lowest BCUT2D eigenvalue weighted by atomic mass is 9.85. The van der Waals surface area contributed by atoms with Crippen LogP contribution in [-0.4, -0.2) is 41.0 Å². The number of guanidine groups is 1. The Labute approximate surface area is 193 Å². The van der Waals surface area contributed by atoms with Crippen molar-refractivity contribution in [1.82, 2.24) is 15.2 Å². The number of nitrogens with zero attached hydrogens (tertiary/aromatic N) is 2. The van der Waals surface area contributed by atoms with Gasteiger partial charge in [-0.1, -0.05) is 23.7 Å². The topological polar surface area (TPSA) is 90.3 Å². The van der Waals surface area contributed by atoms with Crippen LogP contribution in [0.5, 0.6) is 0 Å². The highest BCUT2D eigenvalue weighted by Crippen LogP contribution is 2.41. The zero-order valence-corrected chi connectivity index (χ0v) is 18.6. The average molecular weight is 482 g/mol. The second kappa shape index (κ2) is 8.83. The normalized spacial score (nSPS) is 22.3. The number of carbonyl (C=O) groups excluding carboxylic acids is 1. The highest BCUT2D eigenvalue weighted by Gasteiger charge is 2.43. The van der Waals surface area contributed by atoms with Crippen LogP contribution in [0.1, 0.15) is 37.3 Å². The van der Waals surface area contributed by atoms with Crippen LogP contribution in [-0.2, 0) is 21.2 Å². The van der Waals surface area contributed by atoms with E-state index in [1.165, 1.54) is 4.90 Å². The molecule has 3 N–H and O–H groups in total. The van der Waals surface area contributed by atoms with Crippen molar-refractivity contribution in [2.75, 3.05) is 18.5 Å². The number of anilines is 2. The molecule has 33 heavy (non-hydrogen) atoms. The molecular formula is C22H23ClF3N5O2. The van der Waals surface area contributed by atoms with Crippen LogP contribution in [0, 0.1) is 5.41 Å². The van der Waals surface area contributed by atoms with Crippen LogP contribution >= 0.6 is 11.6 Å². The number of amides is 1. The molecule has 2 fully saturated rings. The number of aromatic nitrogens is 1. The maximum atomic E-state index is 13.4. The van der Waals surface area contributed by atoms with E-state index < -0.39 is 17.3 Å². The summed E-state index contributed by atoms with van der Waals surface area (Å²) in [4.78, 5) is 18.3. The van der Waals surface area contributed by atoms with Crippen molar-refractivity contribution in [2.45, 2.75) is 43.9 Å². The molecule has 0 bridgehead atoms. The number of nitrogens with one attached hydrogen (secondary N) is 3. The Bertz CT molecular complexity index is 1050. The minimum Gasteiger partial charge on any atom is -0.381 e. The Balaban J connectivity index is 1.62. The van der Waals surface area contributed by atoms with E-state index in [-0.39, 0.29) is 40.7 Å². The van der Waals surface area contributed by atoms with Crippen LogP contribution in [0.15, 0.2) is 36.7 Å². The van der Waals surface area contributed by atoms with Crippen molar-refractivity contribution in [2.24, 2.45) is 0 Å². The fourth-order valence-electron chi connectivity index (χ4n) is 4.31. The van der Waals surface area contributed by atoms with Crippen LogP contribution in [0.4, 0.5) is 24.5 Å². The minimum atomic E-state index is -4.57. The van der Waals surface area contributed by atoms with E-state index in [9.17, 15) is 18.0 Å². The first-order chi connectivity index (χ1) is 15.6.